The summed E-state index contributed by atoms with van der Waals surface area (Å²) in [6.07, 6.45) is 0. The highest BCUT2D eigenvalue weighted by Crippen LogP contribution is 2.32. The normalized spacial score (nSPS) is 17.0. The number of rotatable bonds is 7. The number of fused-ring (bicyclic) bond motifs is 1. The monoisotopic (exact) mass is 423 g/mol. The molecule has 0 radical (unpaired) electrons. The van der Waals surface area contributed by atoms with Crippen molar-refractivity contribution in [2.45, 2.75) is 26.6 Å². The molecule has 2 heterocycles. The van der Waals surface area contributed by atoms with Gasteiger partial charge in [-0.05, 0) is 35.4 Å². The van der Waals surface area contributed by atoms with Crippen molar-refractivity contribution >= 4 is 5.96 Å². The molecule has 7 nitrogen and oxygen atoms in total. The van der Waals surface area contributed by atoms with Gasteiger partial charge in [0, 0.05) is 52.9 Å². The highest BCUT2D eigenvalue weighted by molar-refractivity contribution is 5.79. The number of nitrogens with zero attached hydrogens (tertiary/aromatic N) is 3. The van der Waals surface area contributed by atoms with Crippen LogP contribution in [0.1, 0.15) is 23.6 Å². The topological polar surface area (TPSA) is 61.4 Å². The Morgan fingerprint density at radius 1 is 0.903 bits per heavy atom. The predicted molar refractivity (Wildman–Crippen MR) is 123 cm³/mol. The van der Waals surface area contributed by atoms with Crippen LogP contribution in [0.4, 0.5) is 0 Å². The van der Waals surface area contributed by atoms with Gasteiger partial charge < -0.3 is 25.0 Å². The zero-order valence-corrected chi connectivity index (χ0v) is 18.6. The maximum absolute atomic E-state index is 5.46. The highest BCUT2D eigenvalue weighted by Gasteiger charge is 2.17. The van der Waals surface area contributed by atoms with E-state index < -0.39 is 0 Å². The van der Waals surface area contributed by atoms with Gasteiger partial charge in [0.1, 0.15) is 0 Å². The lowest BCUT2D eigenvalue weighted by Crippen LogP contribution is -2.45. The average Bonchev–Trinajstić information content (AvgIpc) is 3.28. The Balaban J connectivity index is 1.29. The first kappa shape index (κ1) is 21.5. The van der Waals surface area contributed by atoms with E-state index in [-0.39, 0.29) is 0 Å². The van der Waals surface area contributed by atoms with Gasteiger partial charge in [-0.25, -0.2) is 0 Å². The molecule has 0 aliphatic carbocycles. The SMILES string of the molecule is CCN1CCN(Cc2ccccc2CNC(=NC)NCc2ccc3c(c2)OCO3)CC1. The molecule has 0 amide bonds. The molecule has 0 aromatic heterocycles. The lowest BCUT2D eigenvalue weighted by atomic mass is 10.1. The van der Waals surface area contributed by atoms with Gasteiger partial charge in [-0.1, -0.05) is 37.3 Å². The molecule has 1 saturated heterocycles. The van der Waals surface area contributed by atoms with Crippen molar-refractivity contribution in [2.75, 3.05) is 46.6 Å². The van der Waals surface area contributed by atoms with Crippen LogP contribution >= 0.6 is 0 Å². The van der Waals surface area contributed by atoms with E-state index in [1.54, 1.807) is 7.05 Å². The molecule has 1 fully saturated rings. The molecule has 2 aliphatic heterocycles. The van der Waals surface area contributed by atoms with Crippen molar-refractivity contribution in [1.82, 2.24) is 20.4 Å². The van der Waals surface area contributed by atoms with E-state index in [4.69, 9.17) is 9.47 Å². The standard InChI is InChI=1S/C24H33N5O2/c1-3-28-10-12-29(13-11-28)17-21-7-5-4-6-20(21)16-27-24(25-2)26-15-19-8-9-22-23(14-19)31-18-30-22/h4-9,14H,3,10-13,15-18H2,1-2H3,(H2,25,26,27). The van der Waals surface area contributed by atoms with Gasteiger partial charge in [0.05, 0.1) is 0 Å². The number of aliphatic imine (C=N–C) groups is 1. The van der Waals surface area contributed by atoms with Crippen LogP contribution in [0, 0.1) is 0 Å². The second-order valence-electron chi connectivity index (χ2n) is 7.95. The summed E-state index contributed by atoms with van der Waals surface area (Å²) in [5.41, 5.74) is 3.82. The summed E-state index contributed by atoms with van der Waals surface area (Å²) in [5, 5.41) is 6.84. The number of likely N-dealkylation sites (N-methyl/N-ethyl adjacent to an activating group) is 1. The molecule has 2 N–H and O–H groups in total. The van der Waals surface area contributed by atoms with Gasteiger partial charge in [-0.15, -0.1) is 0 Å². The molecule has 0 atom stereocenters. The van der Waals surface area contributed by atoms with Gasteiger partial charge >= 0.3 is 0 Å². The number of benzene rings is 2. The fourth-order valence-corrected chi connectivity index (χ4v) is 4.02. The summed E-state index contributed by atoms with van der Waals surface area (Å²) in [7, 11) is 1.80. The van der Waals surface area contributed by atoms with E-state index in [2.05, 4.69) is 56.6 Å². The van der Waals surface area contributed by atoms with E-state index in [1.807, 2.05) is 18.2 Å². The lowest BCUT2D eigenvalue weighted by Gasteiger charge is -2.34. The van der Waals surface area contributed by atoms with Crippen LogP contribution in [0.3, 0.4) is 0 Å². The Kier molecular flexibility index (Phi) is 7.27. The third-order valence-corrected chi connectivity index (χ3v) is 5.99. The number of guanidine groups is 1. The second kappa shape index (κ2) is 10.5. The van der Waals surface area contributed by atoms with Crippen molar-refractivity contribution in [3.63, 3.8) is 0 Å². The van der Waals surface area contributed by atoms with Crippen molar-refractivity contribution in [3.05, 3.63) is 59.2 Å². The molecule has 2 aromatic carbocycles. The minimum absolute atomic E-state index is 0.295. The molecule has 166 valence electrons. The molecule has 7 heteroatoms. The summed E-state index contributed by atoms with van der Waals surface area (Å²) in [5.74, 6) is 2.39. The fraction of sp³-hybridized carbons (Fsp3) is 0.458. The maximum Gasteiger partial charge on any atom is 0.231 e. The van der Waals surface area contributed by atoms with Crippen molar-refractivity contribution in [1.29, 1.82) is 0 Å². The third kappa shape index (κ3) is 5.68. The first-order valence-corrected chi connectivity index (χ1v) is 11.1. The molecule has 0 unspecified atom stereocenters. The number of nitrogens with one attached hydrogen (secondary N) is 2. The molecule has 2 aromatic rings. The zero-order chi connectivity index (χ0) is 21.5. The van der Waals surface area contributed by atoms with Crippen LogP contribution < -0.4 is 20.1 Å². The Hall–Kier alpha value is -2.77. The number of hydrogen-bond donors (Lipinski definition) is 2. The molecule has 0 saturated carbocycles. The minimum atomic E-state index is 0.295. The summed E-state index contributed by atoms with van der Waals surface area (Å²) >= 11 is 0. The van der Waals surface area contributed by atoms with E-state index in [0.29, 0.717) is 13.3 Å². The predicted octanol–water partition coefficient (Wildman–Crippen LogP) is 2.42. The maximum atomic E-state index is 5.46. The Morgan fingerprint density at radius 3 is 2.39 bits per heavy atom. The van der Waals surface area contributed by atoms with Crippen molar-refractivity contribution in [2.24, 2.45) is 4.99 Å². The number of hydrogen-bond acceptors (Lipinski definition) is 5. The molecule has 2 aliphatic rings. The van der Waals surface area contributed by atoms with Gasteiger partial charge in [0.2, 0.25) is 6.79 Å². The Morgan fingerprint density at radius 2 is 1.61 bits per heavy atom. The van der Waals surface area contributed by atoms with Crippen LogP contribution in [0.5, 0.6) is 11.5 Å². The quantitative estimate of drug-likeness (QED) is 0.527. The summed E-state index contributed by atoms with van der Waals surface area (Å²) < 4.78 is 10.8. The largest absolute Gasteiger partial charge is 0.454 e. The van der Waals surface area contributed by atoms with E-state index >= 15 is 0 Å². The van der Waals surface area contributed by atoms with Gasteiger partial charge in [0.25, 0.3) is 0 Å². The van der Waals surface area contributed by atoms with Crippen LogP contribution in [0.2, 0.25) is 0 Å². The van der Waals surface area contributed by atoms with E-state index in [9.17, 15) is 0 Å². The average molecular weight is 424 g/mol. The first-order valence-electron chi connectivity index (χ1n) is 11.1. The number of ether oxygens (including phenoxy) is 2. The van der Waals surface area contributed by atoms with Crippen LogP contribution in [-0.2, 0) is 19.6 Å². The highest BCUT2D eigenvalue weighted by atomic mass is 16.7. The molecule has 0 spiro atoms. The third-order valence-electron chi connectivity index (χ3n) is 5.99. The van der Waals surface area contributed by atoms with Gasteiger partial charge in [-0.3, -0.25) is 9.89 Å². The summed E-state index contributed by atoms with van der Waals surface area (Å²) in [4.78, 5) is 9.44. The molecular formula is C24H33N5O2. The minimum Gasteiger partial charge on any atom is -0.454 e. The molecular weight excluding hydrogens is 390 g/mol. The van der Waals surface area contributed by atoms with Gasteiger partial charge in [0.15, 0.2) is 17.5 Å². The lowest BCUT2D eigenvalue weighted by molar-refractivity contribution is 0.131. The fourth-order valence-electron chi connectivity index (χ4n) is 4.02. The van der Waals surface area contributed by atoms with E-state index in [1.165, 1.54) is 11.1 Å². The first-order chi connectivity index (χ1) is 15.2. The number of piperazine rings is 1. The molecule has 31 heavy (non-hydrogen) atoms. The zero-order valence-electron chi connectivity index (χ0n) is 18.6. The van der Waals surface area contributed by atoms with Crippen LogP contribution in [-0.4, -0.2) is 62.3 Å². The van der Waals surface area contributed by atoms with Gasteiger partial charge in [-0.2, -0.15) is 0 Å². The van der Waals surface area contributed by atoms with Crippen LogP contribution in [0.25, 0.3) is 0 Å². The molecule has 0 bridgehead atoms. The smallest absolute Gasteiger partial charge is 0.231 e. The second-order valence-corrected chi connectivity index (χ2v) is 7.95. The summed E-state index contributed by atoms with van der Waals surface area (Å²) in [6, 6.07) is 14.7. The van der Waals surface area contributed by atoms with Crippen molar-refractivity contribution in [3.8, 4) is 11.5 Å². The Bertz CT molecular complexity index is 893. The van der Waals surface area contributed by atoms with E-state index in [0.717, 1.165) is 68.8 Å². The summed E-state index contributed by atoms with van der Waals surface area (Å²) in [6.45, 7) is 10.7. The molecule has 4 rings (SSSR count). The Labute approximate surface area is 185 Å². The van der Waals surface area contributed by atoms with Crippen molar-refractivity contribution < 1.29 is 9.47 Å². The van der Waals surface area contributed by atoms with Crippen LogP contribution in [0.15, 0.2) is 47.5 Å².